The number of nitrogens with one attached hydrogen (secondary N) is 2. The minimum Gasteiger partial charge on any atom is -0.390 e. The predicted octanol–water partition coefficient (Wildman–Crippen LogP) is 2.26. The fraction of sp³-hybridized carbons (Fsp3) is 0.471. The van der Waals surface area contributed by atoms with Crippen LogP contribution >= 0.6 is 11.6 Å². The number of anilines is 1. The number of amides is 2. The van der Waals surface area contributed by atoms with E-state index in [1.165, 1.54) is 0 Å². The van der Waals surface area contributed by atoms with Crippen molar-refractivity contribution in [2.45, 2.75) is 45.2 Å². The molecule has 7 heteroatoms. The number of hydrogen-bond donors (Lipinski definition) is 3. The van der Waals surface area contributed by atoms with Crippen LogP contribution in [0.25, 0.3) is 0 Å². The smallest absolute Gasteiger partial charge is 0.336 e. The lowest BCUT2D eigenvalue weighted by atomic mass is 9.74. The van der Waals surface area contributed by atoms with E-state index in [1.807, 2.05) is 4.90 Å². The molecule has 1 aromatic rings. The Bertz CT molecular complexity index is 694. The second kappa shape index (κ2) is 6.43. The lowest BCUT2D eigenvalue weighted by molar-refractivity contribution is -0.133. The molecule has 2 heterocycles. The first kappa shape index (κ1) is 16.8. The molecular formula is C17H22ClN4O2+. The molecule has 2 unspecified atom stereocenters. The molecule has 6 nitrogen and oxygen atoms in total. The van der Waals surface area contributed by atoms with Crippen LogP contribution in [0, 0.1) is 11.3 Å². The van der Waals surface area contributed by atoms with Gasteiger partial charge in [0.2, 0.25) is 5.90 Å². The largest absolute Gasteiger partial charge is 0.390 e. The fourth-order valence-corrected chi connectivity index (χ4v) is 3.86. The van der Waals surface area contributed by atoms with Gasteiger partial charge in [0.15, 0.2) is 0 Å². The number of fused-ring (bicyclic) bond motifs is 2. The fourth-order valence-electron chi connectivity index (χ4n) is 3.66. The van der Waals surface area contributed by atoms with Crippen molar-refractivity contribution in [2.75, 3.05) is 5.32 Å². The summed E-state index contributed by atoms with van der Waals surface area (Å²) in [5, 5.41) is 16.6. The van der Waals surface area contributed by atoms with Crippen molar-refractivity contribution in [3.63, 3.8) is 0 Å². The van der Waals surface area contributed by atoms with E-state index in [1.54, 1.807) is 25.1 Å². The number of urea groups is 1. The van der Waals surface area contributed by atoms with Crippen molar-refractivity contribution < 1.29 is 14.9 Å². The number of carbonyl (C=O) groups is 1. The molecule has 0 radical (unpaired) electrons. The molecule has 128 valence electrons. The molecule has 3 rings (SSSR count). The van der Waals surface area contributed by atoms with Crippen molar-refractivity contribution in [2.24, 2.45) is 5.92 Å². The summed E-state index contributed by atoms with van der Waals surface area (Å²) in [6.45, 7) is 3.79. The van der Waals surface area contributed by atoms with Gasteiger partial charge in [-0.05, 0) is 43.4 Å². The molecule has 2 aliphatic rings. The number of rotatable bonds is 2. The molecule has 1 aromatic carbocycles. The van der Waals surface area contributed by atoms with Gasteiger partial charge >= 0.3 is 11.9 Å². The van der Waals surface area contributed by atoms with Gasteiger partial charge in [0.1, 0.15) is 0 Å². The number of carbonyl (C=O) groups excluding carboxylic acids is 1. The van der Waals surface area contributed by atoms with E-state index in [0.29, 0.717) is 34.3 Å². The molecule has 2 fully saturated rings. The minimum atomic E-state index is -0.147. The highest BCUT2D eigenvalue weighted by molar-refractivity contribution is 6.34. The van der Waals surface area contributed by atoms with Crippen LogP contribution in [0.2, 0.25) is 5.02 Å². The van der Waals surface area contributed by atoms with Crippen LogP contribution in [-0.4, -0.2) is 34.8 Å². The highest BCUT2D eigenvalue weighted by Gasteiger charge is 2.46. The maximum Gasteiger partial charge on any atom is 0.336 e. The molecule has 0 saturated carbocycles. The Morgan fingerprint density at radius 1 is 1.38 bits per heavy atom. The minimum absolute atomic E-state index is 0.0922. The molecule has 0 aliphatic carbocycles. The van der Waals surface area contributed by atoms with Gasteiger partial charge in [-0.1, -0.05) is 18.5 Å². The Labute approximate surface area is 146 Å². The third kappa shape index (κ3) is 3.24. The SMILES string of the molecule is CC(=[NH2+])OC(=N)c1cc(NC(=O)N2C3CC(C)CC2C3)ccc1Cl. The summed E-state index contributed by atoms with van der Waals surface area (Å²) in [6, 6.07) is 5.58. The molecule has 0 aromatic heterocycles. The van der Waals surface area contributed by atoms with E-state index in [2.05, 4.69) is 12.2 Å². The summed E-state index contributed by atoms with van der Waals surface area (Å²) >= 11 is 6.11. The zero-order chi connectivity index (χ0) is 17.4. The highest BCUT2D eigenvalue weighted by Crippen LogP contribution is 2.41. The Morgan fingerprint density at radius 3 is 2.67 bits per heavy atom. The molecule has 0 spiro atoms. The first-order chi connectivity index (χ1) is 11.3. The summed E-state index contributed by atoms with van der Waals surface area (Å²) in [6.07, 6.45) is 3.24. The third-order valence-electron chi connectivity index (χ3n) is 4.64. The van der Waals surface area contributed by atoms with Crippen LogP contribution in [0.15, 0.2) is 18.2 Å². The normalized spacial score (nSPS) is 24.8. The van der Waals surface area contributed by atoms with E-state index in [0.717, 1.165) is 19.3 Å². The lowest BCUT2D eigenvalue weighted by Gasteiger charge is -2.54. The number of nitrogens with two attached hydrogens (primary N) is 1. The maximum absolute atomic E-state index is 12.5. The maximum atomic E-state index is 12.5. The second-order valence-corrected chi connectivity index (χ2v) is 7.10. The molecule has 2 bridgehead atoms. The first-order valence-corrected chi connectivity index (χ1v) is 8.47. The van der Waals surface area contributed by atoms with E-state index >= 15 is 0 Å². The summed E-state index contributed by atoms with van der Waals surface area (Å²) in [7, 11) is 0. The number of piperidine rings is 1. The van der Waals surface area contributed by atoms with Crippen LogP contribution in [0.4, 0.5) is 10.5 Å². The second-order valence-electron chi connectivity index (χ2n) is 6.69. The molecule has 2 atom stereocenters. The molecule has 2 amide bonds. The monoisotopic (exact) mass is 349 g/mol. The van der Waals surface area contributed by atoms with Crippen molar-refractivity contribution in [1.82, 2.24) is 4.90 Å². The molecule has 4 N–H and O–H groups in total. The quantitative estimate of drug-likeness (QED) is 0.564. The van der Waals surface area contributed by atoms with Crippen molar-refractivity contribution in [1.29, 1.82) is 5.41 Å². The zero-order valence-corrected chi connectivity index (χ0v) is 14.6. The summed E-state index contributed by atoms with van der Waals surface area (Å²) in [5.41, 5.74) is 0.970. The first-order valence-electron chi connectivity index (χ1n) is 8.09. The van der Waals surface area contributed by atoms with Gasteiger partial charge in [0.05, 0.1) is 17.5 Å². The van der Waals surface area contributed by atoms with Crippen LogP contribution in [0.5, 0.6) is 0 Å². The number of nitrogens with zero attached hydrogens (tertiary/aromatic N) is 1. The number of ether oxygens (including phenoxy) is 1. The third-order valence-corrected chi connectivity index (χ3v) is 4.97. The topological polar surface area (TPSA) is 91.0 Å². The highest BCUT2D eigenvalue weighted by atomic mass is 35.5. The summed E-state index contributed by atoms with van der Waals surface area (Å²) in [4.78, 5) is 14.5. The molecule has 24 heavy (non-hydrogen) atoms. The standard InChI is InChI=1S/C17H21ClN4O2/c1-9-5-12-8-13(6-9)22(12)17(23)21-11-3-4-15(18)14(7-11)16(20)24-10(2)19/h3-4,7,9,12-13,19-20H,5-6,8H2,1-2H3,(H,21,23)/p+1. The zero-order valence-electron chi connectivity index (χ0n) is 13.8. The van der Waals surface area contributed by atoms with Gasteiger partial charge < -0.3 is 15.0 Å². The van der Waals surface area contributed by atoms with E-state index in [9.17, 15) is 4.79 Å². The number of halogens is 1. The van der Waals surface area contributed by atoms with E-state index in [4.69, 9.17) is 27.2 Å². The van der Waals surface area contributed by atoms with Gasteiger partial charge in [-0.25, -0.2) is 10.2 Å². The Hall–Kier alpha value is -2.08. The summed E-state index contributed by atoms with van der Waals surface area (Å²) < 4.78 is 5.10. The van der Waals surface area contributed by atoms with Crippen LogP contribution in [0.3, 0.4) is 0 Å². The van der Waals surface area contributed by atoms with E-state index in [-0.39, 0.29) is 17.8 Å². The number of benzene rings is 1. The van der Waals surface area contributed by atoms with Crippen molar-refractivity contribution >= 4 is 35.1 Å². The average Bonchev–Trinajstić information content (AvgIpc) is 2.47. The lowest BCUT2D eigenvalue weighted by Crippen LogP contribution is -2.63. The number of hydrogen-bond acceptors (Lipinski definition) is 3. The average molecular weight is 350 g/mol. The van der Waals surface area contributed by atoms with E-state index < -0.39 is 0 Å². The van der Waals surface area contributed by atoms with Crippen molar-refractivity contribution in [3.8, 4) is 0 Å². The van der Waals surface area contributed by atoms with Gasteiger partial charge in [0.25, 0.3) is 0 Å². The molecule has 2 aliphatic heterocycles. The predicted molar refractivity (Wildman–Crippen MR) is 93.4 cm³/mol. The van der Waals surface area contributed by atoms with Crippen LogP contribution in [-0.2, 0) is 4.74 Å². The molecular weight excluding hydrogens is 328 g/mol. The molecule has 2 saturated heterocycles. The van der Waals surface area contributed by atoms with Gasteiger partial charge in [-0.15, -0.1) is 0 Å². The van der Waals surface area contributed by atoms with Gasteiger partial charge in [-0.2, -0.15) is 0 Å². The van der Waals surface area contributed by atoms with Gasteiger partial charge in [0, 0.05) is 17.8 Å². The Morgan fingerprint density at radius 2 is 2.04 bits per heavy atom. The van der Waals surface area contributed by atoms with Crippen LogP contribution < -0.4 is 10.7 Å². The van der Waals surface area contributed by atoms with Crippen molar-refractivity contribution in [3.05, 3.63) is 28.8 Å². The van der Waals surface area contributed by atoms with Crippen LogP contribution in [0.1, 0.15) is 38.7 Å². The Kier molecular flexibility index (Phi) is 4.49. The van der Waals surface area contributed by atoms with Gasteiger partial charge in [-0.3, -0.25) is 5.41 Å². The summed E-state index contributed by atoms with van der Waals surface area (Å²) in [5.74, 6) is 0.701. The Balaban J connectivity index is 1.70.